The van der Waals surface area contributed by atoms with Crippen LogP contribution in [0.2, 0.25) is 10.0 Å². The predicted molar refractivity (Wildman–Crippen MR) is 122 cm³/mol. The lowest BCUT2D eigenvalue weighted by Gasteiger charge is -2.08. The molecule has 3 N–H and O–H groups in total. The van der Waals surface area contributed by atoms with E-state index < -0.39 is 17.7 Å². The lowest BCUT2D eigenvalue weighted by atomic mass is 10.1. The molecule has 1 aromatic heterocycles. The van der Waals surface area contributed by atoms with Crippen molar-refractivity contribution in [3.05, 3.63) is 80.5 Å². The van der Waals surface area contributed by atoms with Crippen LogP contribution in [0.25, 0.3) is 0 Å². The quantitative estimate of drug-likeness (QED) is 0.444. The summed E-state index contributed by atoms with van der Waals surface area (Å²) in [4.78, 5) is 41.0. The fourth-order valence-corrected chi connectivity index (χ4v) is 3.94. The Labute approximate surface area is 197 Å². The van der Waals surface area contributed by atoms with Crippen LogP contribution in [0, 0.1) is 5.82 Å². The Balaban J connectivity index is 1.40. The maximum absolute atomic E-state index is 13.0. The number of aromatic nitrogens is 1. The molecule has 0 saturated heterocycles. The number of hydrogen-bond acceptors (Lipinski definition) is 5. The van der Waals surface area contributed by atoms with E-state index in [0.717, 1.165) is 10.4 Å². The molecule has 32 heavy (non-hydrogen) atoms. The Morgan fingerprint density at radius 1 is 0.969 bits per heavy atom. The SMILES string of the molecule is O=C(CNC(=O)c1ccc(Cl)cc1Cl)NCC(=O)Nc1ncc(Cc2ccc(F)cc2)s1. The van der Waals surface area contributed by atoms with E-state index in [1.165, 1.54) is 41.7 Å². The van der Waals surface area contributed by atoms with Crippen LogP contribution in [0.15, 0.2) is 48.7 Å². The highest BCUT2D eigenvalue weighted by atomic mass is 35.5. The van der Waals surface area contributed by atoms with Crippen LogP contribution >= 0.6 is 34.5 Å². The first-order valence-electron chi connectivity index (χ1n) is 9.29. The Hall–Kier alpha value is -3.01. The zero-order valence-electron chi connectivity index (χ0n) is 16.5. The van der Waals surface area contributed by atoms with Crippen LogP contribution in [0.1, 0.15) is 20.8 Å². The highest BCUT2D eigenvalue weighted by Crippen LogP contribution is 2.22. The molecule has 0 saturated carbocycles. The van der Waals surface area contributed by atoms with E-state index in [-0.39, 0.29) is 29.5 Å². The number of rotatable bonds is 8. The number of carbonyl (C=O) groups is 3. The number of nitrogens with one attached hydrogen (secondary N) is 3. The molecule has 0 unspecified atom stereocenters. The van der Waals surface area contributed by atoms with E-state index >= 15 is 0 Å². The number of nitrogens with zero attached hydrogens (tertiary/aromatic N) is 1. The number of thiazole rings is 1. The van der Waals surface area contributed by atoms with Gasteiger partial charge in [-0.25, -0.2) is 9.37 Å². The summed E-state index contributed by atoms with van der Waals surface area (Å²) in [6.07, 6.45) is 2.18. The zero-order chi connectivity index (χ0) is 23.1. The highest BCUT2D eigenvalue weighted by molar-refractivity contribution is 7.15. The van der Waals surface area contributed by atoms with Crippen molar-refractivity contribution >= 4 is 57.4 Å². The van der Waals surface area contributed by atoms with Gasteiger partial charge in [0.25, 0.3) is 5.91 Å². The molecular weight excluding hydrogens is 478 g/mol. The topological polar surface area (TPSA) is 100 Å². The van der Waals surface area contributed by atoms with Crippen LogP contribution in [-0.2, 0) is 16.0 Å². The molecule has 3 amide bonds. The second-order valence-electron chi connectivity index (χ2n) is 6.57. The normalized spacial score (nSPS) is 10.5. The third-order valence-corrected chi connectivity index (χ3v) is 5.58. The van der Waals surface area contributed by atoms with Crippen molar-refractivity contribution in [2.75, 3.05) is 18.4 Å². The van der Waals surface area contributed by atoms with Gasteiger partial charge in [0.2, 0.25) is 11.8 Å². The monoisotopic (exact) mass is 494 g/mol. The smallest absolute Gasteiger partial charge is 0.253 e. The van der Waals surface area contributed by atoms with Gasteiger partial charge >= 0.3 is 0 Å². The average Bonchev–Trinajstić information content (AvgIpc) is 3.18. The standard InChI is InChI=1S/C21H17Cl2FN4O3S/c22-13-3-6-16(17(23)8-13)20(31)26-10-18(29)25-11-19(30)28-21-27-9-15(32-21)7-12-1-4-14(24)5-2-12/h1-6,8-9H,7,10-11H2,(H,25,29)(H,26,31)(H,27,28,30). The molecule has 0 aliphatic rings. The number of carbonyl (C=O) groups excluding carboxylic acids is 3. The van der Waals surface area contributed by atoms with E-state index in [2.05, 4.69) is 20.9 Å². The molecule has 0 aliphatic carbocycles. The minimum Gasteiger partial charge on any atom is -0.345 e. The Bertz CT molecular complexity index is 1140. The van der Waals surface area contributed by atoms with Gasteiger partial charge in [0.05, 0.1) is 23.7 Å². The van der Waals surface area contributed by atoms with Gasteiger partial charge in [-0.2, -0.15) is 0 Å². The molecule has 0 fully saturated rings. The first-order chi connectivity index (χ1) is 15.3. The summed E-state index contributed by atoms with van der Waals surface area (Å²) in [5.41, 5.74) is 1.10. The highest BCUT2D eigenvalue weighted by Gasteiger charge is 2.13. The summed E-state index contributed by atoms with van der Waals surface area (Å²) >= 11 is 13.0. The molecule has 3 aromatic rings. The summed E-state index contributed by atoms with van der Waals surface area (Å²) in [7, 11) is 0. The number of benzene rings is 2. The summed E-state index contributed by atoms with van der Waals surface area (Å²) in [6.45, 7) is -0.618. The van der Waals surface area contributed by atoms with E-state index in [0.29, 0.717) is 16.6 Å². The maximum atomic E-state index is 13.0. The van der Waals surface area contributed by atoms with Crippen molar-refractivity contribution in [3.8, 4) is 0 Å². The molecule has 11 heteroatoms. The van der Waals surface area contributed by atoms with Gasteiger partial charge < -0.3 is 16.0 Å². The fourth-order valence-electron chi connectivity index (χ4n) is 2.58. The van der Waals surface area contributed by atoms with Crippen molar-refractivity contribution in [3.63, 3.8) is 0 Å². The lowest BCUT2D eigenvalue weighted by molar-refractivity contribution is -0.123. The van der Waals surface area contributed by atoms with E-state index in [9.17, 15) is 18.8 Å². The summed E-state index contributed by atoms with van der Waals surface area (Å²) < 4.78 is 13.0. The molecule has 7 nitrogen and oxygen atoms in total. The molecule has 1 heterocycles. The van der Waals surface area contributed by atoms with Crippen molar-refractivity contribution in [1.29, 1.82) is 0 Å². The third kappa shape index (κ3) is 7.01. The Morgan fingerprint density at radius 2 is 1.69 bits per heavy atom. The molecule has 0 aliphatic heterocycles. The molecule has 3 rings (SSSR count). The number of amides is 3. The van der Waals surface area contributed by atoms with Crippen LogP contribution in [-0.4, -0.2) is 35.8 Å². The van der Waals surface area contributed by atoms with Crippen LogP contribution < -0.4 is 16.0 Å². The second kappa shape index (κ2) is 11.0. The maximum Gasteiger partial charge on any atom is 0.253 e. The van der Waals surface area contributed by atoms with Gasteiger partial charge in [0.1, 0.15) is 5.82 Å². The first-order valence-corrected chi connectivity index (χ1v) is 10.9. The van der Waals surface area contributed by atoms with E-state index in [1.807, 2.05) is 0 Å². The number of hydrogen-bond donors (Lipinski definition) is 3. The van der Waals surface area contributed by atoms with Crippen molar-refractivity contribution in [2.24, 2.45) is 0 Å². The molecule has 2 aromatic carbocycles. The summed E-state index contributed by atoms with van der Waals surface area (Å²) in [6, 6.07) is 10.5. The van der Waals surface area contributed by atoms with Gasteiger partial charge in [-0.15, -0.1) is 11.3 Å². The van der Waals surface area contributed by atoms with Crippen LogP contribution in [0.4, 0.5) is 9.52 Å². The Kier molecular flexibility index (Phi) is 8.15. The van der Waals surface area contributed by atoms with E-state index in [4.69, 9.17) is 23.2 Å². The van der Waals surface area contributed by atoms with Crippen LogP contribution in [0.3, 0.4) is 0 Å². The van der Waals surface area contributed by atoms with Gasteiger partial charge in [0.15, 0.2) is 5.13 Å². The average molecular weight is 495 g/mol. The minimum absolute atomic E-state index is 0.164. The molecule has 166 valence electrons. The molecular formula is C21H17Cl2FN4O3S. The van der Waals surface area contributed by atoms with Crippen LogP contribution in [0.5, 0.6) is 0 Å². The minimum atomic E-state index is -0.547. The molecule has 0 atom stereocenters. The fraction of sp³-hybridized carbons (Fsp3) is 0.143. The van der Waals surface area contributed by atoms with Gasteiger partial charge in [0, 0.05) is 22.5 Å². The molecule has 0 spiro atoms. The number of halogens is 3. The summed E-state index contributed by atoms with van der Waals surface area (Å²) in [5.74, 6) is -1.85. The lowest BCUT2D eigenvalue weighted by Crippen LogP contribution is -2.40. The predicted octanol–water partition coefficient (Wildman–Crippen LogP) is 3.66. The van der Waals surface area contributed by atoms with Crippen molar-refractivity contribution < 1.29 is 18.8 Å². The van der Waals surface area contributed by atoms with Crippen molar-refractivity contribution in [2.45, 2.75) is 6.42 Å². The zero-order valence-corrected chi connectivity index (χ0v) is 18.8. The summed E-state index contributed by atoms with van der Waals surface area (Å²) in [5, 5.41) is 8.35. The molecule has 0 radical (unpaired) electrons. The molecule has 0 bridgehead atoms. The van der Waals surface area contributed by atoms with Gasteiger partial charge in [-0.05, 0) is 35.9 Å². The third-order valence-electron chi connectivity index (χ3n) is 4.12. The first kappa shape index (κ1) is 23.6. The van der Waals surface area contributed by atoms with Gasteiger partial charge in [-0.3, -0.25) is 14.4 Å². The largest absolute Gasteiger partial charge is 0.345 e. The second-order valence-corrected chi connectivity index (χ2v) is 8.53. The van der Waals surface area contributed by atoms with Gasteiger partial charge in [-0.1, -0.05) is 35.3 Å². The van der Waals surface area contributed by atoms with Crippen molar-refractivity contribution in [1.82, 2.24) is 15.6 Å². The number of anilines is 1. The Morgan fingerprint density at radius 3 is 2.41 bits per heavy atom. The van der Waals surface area contributed by atoms with E-state index in [1.54, 1.807) is 18.3 Å².